The molecule has 1 fully saturated rings. The molecule has 0 aliphatic carbocycles. The van der Waals surface area contributed by atoms with Gasteiger partial charge in [0.15, 0.2) is 0 Å². The largest absolute Gasteiger partial charge is 0.396 e. The Morgan fingerprint density at radius 3 is 2.43 bits per heavy atom. The molecule has 4 N–H and O–H groups in total. The minimum absolute atomic E-state index is 0.108. The zero-order valence-electron chi connectivity index (χ0n) is 12.0. The molecule has 21 heavy (non-hydrogen) atoms. The molecule has 3 rings (SSSR count). The van der Waals surface area contributed by atoms with Crippen LogP contribution in [0.5, 0.6) is 0 Å². The molecule has 0 saturated carbocycles. The van der Waals surface area contributed by atoms with E-state index < -0.39 is 0 Å². The number of amidine groups is 1. The molecule has 0 aromatic heterocycles. The van der Waals surface area contributed by atoms with Crippen LogP contribution in [0.3, 0.4) is 0 Å². The molecular formula is C17H21N3O. The number of nitrogens with two attached hydrogens (primary N) is 1. The van der Waals surface area contributed by atoms with Crippen molar-refractivity contribution in [3.8, 4) is 0 Å². The van der Waals surface area contributed by atoms with E-state index >= 15 is 0 Å². The highest BCUT2D eigenvalue weighted by Gasteiger charge is 2.20. The van der Waals surface area contributed by atoms with Gasteiger partial charge in [0, 0.05) is 36.3 Å². The van der Waals surface area contributed by atoms with E-state index in [2.05, 4.69) is 17.0 Å². The second-order valence-electron chi connectivity index (χ2n) is 5.70. The third-order valence-electron chi connectivity index (χ3n) is 4.40. The van der Waals surface area contributed by atoms with E-state index in [1.807, 2.05) is 24.3 Å². The Kier molecular flexibility index (Phi) is 3.80. The first-order chi connectivity index (χ1) is 10.2. The summed E-state index contributed by atoms with van der Waals surface area (Å²) in [4.78, 5) is 2.37. The van der Waals surface area contributed by atoms with Crippen molar-refractivity contribution in [2.45, 2.75) is 12.8 Å². The number of benzene rings is 2. The number of aliphatic hydroxyl groups is 1. The van der Waals surface area contributed by atoms with Crippen molar-refractivity contribution in [2.75, 3.05) is 24.6 Å². The maximum Gasteiger partial charge on any atom is 0.123 e. The van der Waals surface area contributed by atoms with Crippen molar-refractivity contribution in [1.29, 1.82) is 5.41 Å². The number of anilines is 1. The number of aliphatic hydroxyl groups excluding tert-OH is 1. The number of nitrogen functional groups attached to an aromatic ring is 1. The Morgan fingerprint density at radius 1 is 1.14 bits per heavy atom. The van der Waals surface area contributed by atoms with E-state index in [1.54, 1.807) is 0 Å². The first kappa shape index (κ1) is 13.9. The normalized spacial score (nSPS) is 16.3. The highest BCUT2D eigenvalue weighted by atomic mass is 16.3. The molecule has 0 bridgehead atoms. The number of rotatable bonds is 3. The molecule has 1 saturated heterocycles. The van der Waals surface area contributed by atoms with Gasteiger partial charge in [0.1, 0.15) is 5.84 Å². The van der Waals surface area contributed by atoms with Crippen LogP contribution < -0.4 is 10.6 Å². The van der Waals surface area contributed by atoms with Gasteiger partial charge < -0.3 is 15.7 Å². The second-order valence-corrected chi connectivity index (χ2v) is 5.70. The van der Waals surface area contributed by atoms with Crippen LogP contribution in [0.4, 0.5) is 5.69 Å². The van der Waals surface area contributed by atoms with Gasteiger partial charge in [0.2, 0.25) is 0 Å². The fraction of sp³-hybridized carbons (Fsp3) is 0.353. The smallest absolute Gasteiger partial charge is 0.123 e. The van der Waals surface area contributed by atoms with Gasteiger partial charge in [-0.05, 0) is 36.3 Å². The summed E-state index contributed by atoms with van der Waals surface area (Å²) in [5.41, 5.74) is 7.68. The Bertz CT molecular complexity index is 660. The summed E-state index contributed by atoms with van der Waals surface area (Å²) in [6, 6.07) is 12.1. The zero-order valence-corrected chi connectivity index (χ0v) is 12.0. The Balaban J connectivity index is 2.00. The van der Waals surface area contributed by atoms with Crippen LogP contribution >= 0.6 is 0 Å². The van der Waals surface area contributed by atoms with Crippen LogP contribution in [0, 0.1) is 11.3 Å². The summed E-state index contributed by atoms with van der Waals surface area (Å²) in [5, 5.41) is 19.2. The molecule has 1 aliphatic heterocycles. The fourth-order valence-electron chi connectivity index (χ4n) is 3.15. The molecule has 0 amide bonds. The number of piperidine rings is 1. The average molecular weight is 283 g/mol. The van der Waals surface area contributed by atoms with Gasteiger partial charge in [-0.25, -0.2) is 0 Å². The molecule has 1 aliphatic rings. The Morgan fingerprint density at radius 2 is 1.81 bits per heavy atom. The summed E-state index contributed by atoms with van der Waals surface area (Å²) in [5.74, 6) is 0.542. The molecule has 110 valence electrons. The van der Waals surface area contributed by atoms with Gasteiger partial charge in [-0.2, -0.15) is 0 Å². The Hall–Kier alpha value is -2.07. The van der Waals surface area contributed by atoms with Crippen LogP contribution in [0.1, 0.15) is 18.4 Å². The van der Waals surface area contributed by atoms with Crippen molar-refractivity contribution in [2.24, 2.45) is 11.7 Å². The fourth-order valence-corrected chi connectivity index (χ4v) is 3.15. The van der Waals surface area contributed by atoms with Gasteiger partial charge in [0.05, 0.1) is 0 Å². The lowest BCUT2D eigenvalue weighted by Gasteiger charge is -2.33. The third kappa shape index (κ3) is 2.59. The molecule has 4 heteroatoms. The van der Waals surface area contributed by atoms with E-state index in [0.29, 0.717) is 5.92 Å². The SMILES string of the molecule is N=C(N)c1ccc(N2CCC(CO)CC2)c2ccccc12. The van der Waals surface area contributed by atoms with E-state index in [1.165, 1.54) is 5.69 Å². The van der Waals surface area contributed by atoms with E-state index in [0.717, 1.165) is 42.3 Å². The maximum atomic E-state index is 9.26. The molecule has 2 aromatic carbocycles. The van der Waals surface area contributed by atoms with Crippen LogP contribution in [-0.4, -0.2) is 30.6 Å². The van der Waals surface area contributed by atoms with Gasteiger partial charge in [-0.1, -0.05) is 24.3 Å². The maximum absolute atomic E-state index is 9.26. The van der Waals surface area contributed by atoms with Gasteiger partial charge in [-0.15, -0.1) is 0 Å². The summed E-state index contributed by atoms with van der Waals surface area (Å²) in [6.45, 7) is 2.22. The third-order valence-corrected chi connectivity index (χ3v) is 4.40. The number of nitrogens with one attached hydrogen (secondary N) is 1. The number of fused-ring (bicyclic) bond motifs is 1. The lowest BCUT2D eigenvalue weighted by Crippen LogP contribution is -2.34. The molecule has 4 nitrogen and oxygen atoms in total. The lowest BCUT2D eigenvalue weighted by atomic mass is 9.95. The van der Waals surface area contributed by atoms with Crippen LogP contribution in [0.25, 0.3) is 10.8 Å². The lowest BCUT2D eigenvalue weighted by molar-refractivity contribution is 0.203. The van der Waals surface area contributed by atoms with Crippen molar-refractivity contribution in [3.63, 3.8) is 0 Å². The average Bonchev–Trinajstić information content (AvgIpc) is 2.54. The summed E-state index contributed by atoms with van der Waals surface area (Å²) < 4.78 is 0. The summed E-state index contributed by atoms with van der Waals surface area (Å²) >= 11 is 0. The minimum atomic E-state index is 0.108. The first-order valence-electron chi connectivity index (χ1n) is 7.42. The number of hydrogen-bond acceptors (Lipinski definition) is 3. The monoisotopic (exact) mass is 283 g/mol. The van der Waals surface area contributed by atoms with Crippen molar-refractivity contribution >= 4 is 22.3 Å². The van der Waals surface area contributed by atoms with E-state index in [9.17, 15) is 5.11 Å². The summed E-state index contributed by atoms with van der Waals surface area (Å²) in [6.07, 6.45) is 2.05. The second kappa shape index (κ2) is 5.74. The molecule has 2 aromatic rings. The van der Waals surface area contributed by atoms with Gasteiger partial charge >= 0.3 is 0 Å². The molecule has 0 unspecified atom stereocenters. The quantitative estimate of drug-likeness (QED) is 0.598. The zero-order chi connectivity index (χ0) is 14.8. The highest BCUT2D eigenvalue weighted by Crippen LogP contribution is 2.32. The number of hydrogen-bond donors (Lipinski definition) is 3. The first-order valence-corrected chi connectivity index (χ1v) is 7.42. The number of nitrogens with zero attached hydrogens (tertiary/aromatic N) is 1. The molecule has 0 radical (unpaired) electrons. The molecule has 1 heterocycles. The summed E-state index contributed by atoms with van der Waals surface area (Å²) in [7, 11) is 0. The van der Waals surface area contributed by atoms with Gasteiger partial charge in [0.25, 0.3) is 0 Å². The standard InChI is InChI=1S/C17H21N3O/c18-17(19)15-5-6-16(14-4-2-1-3-13(14)15)20-9-7-12(11-21)8-10-20/h1-6,12,21H,7-11H2,(H3,18,19). The predicted molar refractivity (Wildman–Crippen MR) is 87.0 cm³/mol. The highest BCUT2D eigenvalue weighted by molar-refractivity contribution is 6.10. The topological polar surface area (TPSA) is 73.3 Å². The molecule has 0 atom stereocenters. The molecular weight excluding hydrogens is 262 g/mol. The van der Waals surface area contributed by atoms with Gasteiger partial charge in [-0.3, -0.25) is 5.41 Å². The van der Waals surface area contributed by atoms with Crippen molar-refractivity contribution < 1.29 is 5.11 Å². The Labute approximate surface area is 124 Å². The molecule has 0 spiro atoms. The minimum Gasteiger partial charge on any atom is -0.396 e. The van der Waals surface area contributed by atoms with Crippen LogP contribution in [-0.2, 0) is 0 Å². The van der Waals surface area contributed by atoms with E-state index in [-0.39, 0.29) is 12.4 Å². The van der Waals surface area contributed by atoms with Crippen molar-refractivity contribution in [3.05, 3.63) is 42.0 Å². The van der Waals surface area contributed by atoms with Crippen LogP contribution in [0.2, 0.25) is 0 Å². The van der Waals surface area contributed by atoms with E-state index in [4.69, 9.17) is 11.1 Å². The van der Waals surface area contributed by atoms with Crippen LogP contribution in [0.15, 0.2) is 36.4 Å². The van der Waals surface area contributed by atoms with Crippen molar-refractivity contribution in [1.82, 2.24) is 0 Å². The predicted octanol–water partition coefficient (Wildman–Crippen LogP) is 2.33.